The van der Waals surface area contributed by atoms with E-state index in [-0.39, 0.29) is 11.4 Å². The zero-order valence-electron chi connectivity index (χ0n) is 10.1. The maximum Gasteiger partial charge on any atom is 0.245 e. The largest absolute Gasteiger partial charge is 0.245 e. The molecule has 0 saturated heterocycles. The van der Waals surface area contributed by atoms with Crippen LogP contribution in [0.15, 0.2) is 33.6 Å². The molecule has 0 unspecified atom stereocenters. The number of nitriles is 1. The van der Waals surface area contributed by atoms with Crippen molar-refractivity contribution >= 4 is 26.0 Å². The lowest BCUT2D eigenvalue weighted by atomic mass is 10.3. The number of sulfonamides is 1. The molecule has 0 aromatic heterocycles. The normalized spacial score (nSPS) is 11.4. The molecule has 6 heteroatoms. The maximum absolute atomic E-state index is 12.4. The Kier molecular flexibility index (Phi) is 5.79. The molecule has 0 heterocycles. The molecule has 0 amide bonds. The standard InChI is InChI=1S/C12H15BrN2O2S/c1-2-3-9-15(10-8-14)18(16,17)12-7-5-4-6-11(12)13/h4-7H,2-3,9-10H2,1H3. The van der Waals surface area contributed by atoms with Gasteiger partial charge in [0.2, 0.25) is 10.0 Å². The molecule has 0 aliphatic carbocycles. The van der Waals surface area contributed by atoms with Gasteiger partial charge in [0.25, 0.3) is 0 Å². The molecule has 18 heavy (non-hydrogen) atoms. The molecule has 4 nitrogen and oxygen atoms in total. The second kappa shape index (κ2) is 6.88. The minimum atomic E-state index is -3.60. The van der Waals surface area contributed by atoms with Gasteiger partial charge in [0.15, 0.2) is 0 Å². The van der Waals surface area contributed by atoms with Gasteiger partial charge in [-0.3, -0.25) is 0 Å². The summed E-state index contributed by atoms with van der Waals surface area (Å²) in [5, 5.41) is 8.75. The van der Waals surface area contributed by atoms with E-state index in [1.165, 1.54) is 10.4 Å². The highest BCUT2D eigenvalue weighted by atomic mass is 79.9. The predicted octanol–water partition coefficient (Wildman–Crippen LogP) is 2.76. The quantitative estimate of drug-likeness (QED) is 0.753. The Hall–Kier alpha value is -0.900. The topological polar surface area (TPSA) is 61.2 Å². The van der Waals surface area contributed by atoms with Crippen LogP contribution in [0.5, 0.6) is 0 Å². The highest BCUT2D eigenvalue weighted by Crippen LogP contribution is 2.24. The predicted molar refractivity (Wildman–Crippen MR) is 73.4 cm³/mol. The SMILES string of the molecule is CCCCN(CC#N)S(=O)(=O)c1ccccc1Br. The smallest absolute Gasteiger partial charge is 0.207 e. The number of benzene rings is 1. The van der Waals surface area contributed by atoms with Crippen LogP contribution >= 0.6 is 15.9 Å². The number of halogens is 1. The number of nitrogens with zero attached hydrogens (tertiary/aromatic N) is 2. The Morgan fingerprint density at radius 2 is 2.06 bits per heavy atom. The molecule has 0 atom stereocenters. The summed E-state index contributed by atoms with van der Waals surface area (Å²) in [6, 6.07) is 8.54. The van der Waals surface area contributed by atoms with Crippen molar-refractivity contribution in [3.05, 3.63) is 28.7 Å². The van der Waals surface area contributed by atoms with Crippen LogP contribution in [-0.2, 0) is 10.0 Å². The van der Waals surface area contributed by atoms with E-state index >= 15 is 0 Å². The Labute approximate surface area is 116 Å². The van der Waals surface area contributed by atoms with Crippen molar-refractivity contribution in [2.45, 2.75) is 24.7 Å². The van der Waals surface area contributed by atoms with Crippen LogP contribution in [0.2, 0.25) is 0 Å². The van der Waals surface area contributed by atoms with Crippen molar-refractivity contribution in [2.75, 3.05) is 13.1 Å². The van der Waals surface area contributed by atoms with Crippen molar-refractivity contribution in [3.8, 4) is 6.07 Å². The van der Waals surface area contributed by atoms with Gasteiger partial charge in [-0.25, -0.2) is 8.42 Å². The minimum Gasteiger partial charge on any atom is -0.207 e. The van der Waals surface area contributed by atoms with Gasteiger partial charge in [0.1, 0.15) is 6.54 Å². The third kappa shape index (κ3) is 3.55. The van der Waals surface area contributed by atoms with Crippen molar-refractivity contribution in [3.63, 3.8) is 0 Å². The van der Waals surface area contributed by atoms with E-state index in [9.17, 15) is 8.42 Å². The molecule has 1 rings (SSSR count). The molecular formula is C12H15BrN2O2S. The van der Waals surface area contributed by atoms with Crippen molar-refractivity contribution in [1.82, 2.24) is 4.31 Å². The van der Waals surface area contributed by atoms with Gasteiger partial charge in [0.05, 0.1) is 11.0 Å². The van der Waals surface area contributed by atoms with Crippen LogP contribution in [0.4, 0.5) is 0 Å². The maximum atomic E-state index is 12.4. The van der Waals surface area contributed by atoms with Crippen molar-refractivity contribution < 1.29 is 8.42 Å². The third-order valence-corrected chi connectivity index (χ3v) is 5.32. The van der Waals surface area contributed by atoms with Gasteiger partial charge < -0.3 is 0 Å². The molecule has 0 saturated carbocycles. The van der Waals surface area contributed by atoms with Gasteiger partial charge in [0, 0.05) is 11.0 Å². The van der Waals surface area contributed by atoms with Crippen LogP contribution < -0.4 is 0 Å². The summed E-state index contributed by atoms with van der Waals surface area (Å²) in [6.07, 6.45) is 1.62. The zero-order chi connectivity index (χ0) is 13.6. The van der Waals surface area contributed by atoms with Crippen LogP contribution in [0.1, 0.15) is 19.8 Å². The molecule has 0 radical (unpaired) electrons. The highest BCUT2D eigenvalue weighted by molar-refractivity contribution is 9.10. The highest BCUT2D eigenvalue weighted by Gasteiger charge is 2.25. The molecule has 0 bridgehead atoms. The summed E-state index contributed by atoms with van der Waals surface area (Å²) < 4.78 is 26.5. The lowest BCUT2D eigenvalue weighted by Gasteiger charge is -2.19. The van der Waals surface area contributed by atoms with Crippen LogP contribution in [0.25, 0.3) is 0 Å². The fraction of sp³-hybridized carbons (Fsp3) is 0.417. The molecule has 1 aromatic carbocycles. The summed E-state index contributed by atoms with van der Waals surface area (Å²) in [4.78, 5) is 0.205. The van der Waals surface area contributed by atoms with Crippen LogP contribution in [-0.4, -0.2) is 25.8 Å². The Morgan fingerprint density at radius 1 is 1.39 bits per heavy atom. The Morgan fingerprint density at radius 3 is 2.61 bits per heavy atom. The van der Waals surface area contributed by atoms with E-state index in [0.717, 1.165) is 12.8 Å². The van der Waals surface area contributed by atoms with Gasteiger partial charge >= 0.3 is 0 Å². The molecule has 0 spiro atoms. The average molecular weight is 331 g/mol. The van der Waals surface area contributed by atoms with Crippen molar-refractivity contribution in [2.24, 2.45) is 0 Å². The average Bonchev–Trinajstić information content (AvgIpc) is 2.34. The van der Waals surface area contributed by atoms with Gasteiger partial charge in [-0.1, -0.05) is 25.5 Å². The molecule has 1 aromatic rings. The fourth-order valence-corrected chi connectivity index (χ4v) is 3.83. The van der Waals surface area contributed by atoms with Gasteiger partial charge in [-0.2, -0.15) is 9.57 Å². The first-order valence-corrected chi connectivity index (χ1v) is 7.89. The lowest BCUT2D eigenvalue weighted by Crippen LogP contribution is -2.32. The van der Waals surface area contributed by atoms with E-state index in [1.807, 2.05) is 13.0 Å². The first kappa shape index (κ1) is 15.2. The lowest BCUT2D eigenvalue weighted by molar-refractivity contribution is 0.435. The van der Waals surface area contributed by atoms with E-state index in [1.54, 1.807) is 18.2 Å². The zero-order valence-corrected chi connectivity index (χ0v) is 12.5. The van der Waals surface area contributed by atoms with Crippen molar-refractivity contribution in [1.29, 1.82) is 5.26 Å². The second-order valence-electron chi connectivity index (χ2n) is 3.78. The second-order valence-corrected chi connectivity index (χ2v) is 6.54. The number of hydrogen-bond donors (Lipinski definition) is 0. The summed E-state index contributed by atoms with van der Waals surface area (Å²) in [6.45, 7) is 2.23. The monoisotopic (exact) mass is 330 g/mol. The van der Waals surface area contributed by atoms with E-state index in [4.69, 9.17) is 5.26 Å². The fourth-order valence-electron chi connectivity index (χ4n) is 1.49. The van der Waals surface area contributed by atoms with Gasteiger partial charge in [-0.05, 0) is 34.5 Å². The van der Waals surface area contributed by atoms with E-state index in [2.05, 4.69) is 15.9 Å². The molecule has 0 aliphatic heterocycles. The first-order chi connectivity index (χ1) is 8.54. The van der Waals surface area contributed by atoms with Crippen LogP contribution in [0, 0.1) is 11.3 Å². The summed E-state index contributed by atoms with van der Waals surface area (Å²) in [7, 11) is -3.60. The molecule has 0 N–H and O–H groups in total. The number of unbranched alkanes of at least 4 members (excludes halogenated alkanes) is 1. The third-order valence-electron chi connectivity index (χ3n) is 2.46. The summed E-state index contributed by atoms with van der Waals surface area (Å²) in [5.74, 6) is 0. The van der Waals surface area contributed by atoms with Gasteiger partial charge in [-0.15, -0.1) is 0 Å². The Balaban J connectivity index is 3.10. The molecular weight excluding hydrogens is 316 g/mol. The summed E-state index contributed by atoms with van der Waals surface area (Å²) in [5.41, 5.74) is 0. The minimum absolute atomic E-state index is 0.121. The van der Waals surface area contributed by atoms with E-state index in [0.29, 0.717) is 11.0 Å². The first-order valence-electron chi connectivity index (χ1n) is 5.65. The molecule has 98 valence electrons. The summed E-state index contributed by atoms with van der Waals surface area (Å²) >= 11 is 3.23. The Bertz CT molecular complexity index is 537. The molecule has 0 aliphatic rings. The van der Waals surface area contributed by atoms with E-state index < -0.39 is 10.0 Å². The number of rotatable bonds is 6. The molecule has 0 fully saturated rings. The number of hydrogen-bond acceptors (Lipinski definition) is 3. The van der Waals surface area contributed by atoms with Crippen LogP contribution in [0.3, 0.4) is 0 Å².